The quantitative estimate of drug-likeness (QED) is 0.416. The van der Waals surface area contributed by atoms with Gasteiger partial charge in [-0.05, 0) is 25.4 Å². The molecule has 2 bridgehead atoms. The molecule has 1 saturated heterocycles. The third-order valence-corrected chi connectivity index (χ3v) is 4.67. The predicted molar refractivity (Wildman–Crippen MR) is 76.0 cm³/mol. The van der Waals surface area contributed by atoms with Crippen molar-refractivity contribution in [1.82, 2.24) is 0 Å². The monoisotopic (exact) mass is 548 g/mol. The summed E-state index contributed by atoms with van der Waals surface area (Å²) in [6, 6.07) is 0. The van der Waals surface area contributed by atoms with Crippen molar-refractivity contribution in [3.63, 3.8) is 0 Å². The van der Waals surface area contributed by atoms with Gasteiger partial charge in [0.15, 0.2) is 5.60 Å². The largest absolute Gasteiger partial charge is 2.00 e. The fourth-order valence-corrected chi connectivity index (χ4v) is 3.12. The van der Waals surface area contributed by atoms with Gasteiger partial charge >= 0.3 is 43.1 Å². The topological polar surface area (TPSA) is 89.9 Å². The van der Waals surface area contributed by atoms with Crippen molar-refractivity contribution in [2.75, 3.05) is 0 Å². The average Bonchev–Trinajstić information content (AvgIpc) is 3.10. The summed E-state index contributed by atoms with van der Waals surface area (Å²) in [6.07, 6.45) is 5.51. The van der Waals surface area contributed by atoms with Crippen LogP contribution in [0.15, 0.2) is 0 Å². The van der Waals surface area contributed by atoms with Crippen LogP contribution in [0.3, 0.4) is 0 Å². The summed E-state index contributed by atoms with van der Waals surface area (Å²) in [5, 5.41) is 9.33. The molecule has 7 heteroatoms. The third-order valence-electron chi connectivity index (χ3n) is 4.67. The molecule has 3 fully saturated rings. The minimum absolute atomic E-state index is 0. The van der Waals surface area contributed by atoms with Crippen LogP contribution in [-0.4, -0.2) is 41.1 Å². The van der Waals surface area contributed by atoms with Gasteiger partial charge in [0, 0.05) is 6.10 Å². The van der Waals surface area contributed by atoms with E-state index in [0.29, 0.717) is 11.8 Å². The Kier molecular flexibility index (Phi) is 7.31. The molecule has 6 nitrogen and oxygen atoms in total. The predicted octanol–water partition coefficient (Wildman–Crippen LogP) is 0.961. The Morgan fingerprint density at radius 3 is 2.65 bits per heavy atom. The summed E-state index contributed by atoms with van der Waals surface area (Å²) < 4.78 is 9.69. The Balaban J connectivity index is 0.000000221. The van der Waals surface area contributed by atoms with E-state index in [2.05, 4.69) is 11.2 Å². The average molecular weight is 548 g/mol. The molecule has 0 aromatic rings. The molecule has 1 heterocycles. The van der Waals surface area contributed by atoms with Gasteiger partial charge in [-0.25, -0.2) is 11.1 Å². The summed E-state index contributed by atoms with van der Waals surface area (Å²) in [7, 11) is 0. The van der Waals surface area contributed by atoms with E-state index in [0.717, 1.165) is 6.42 Å². The van der Waals surface area contributed by atoms with Crippen LogP contribution in [0.1, 0.15) is 40.0 Å². The molecule has 6 atom stereocenters. The van der Waals surface area contributed by atoms with Gasteiger partial charge < -0.3 is 19.4 Å². The van der Waals surface area contributed by atoms with E-state index in [1.165, 1.54) is 26.6 Å². The fraction of sp³-hybridized carbons (Fsp3) is 0.750. The van der Waals surface area contributed by atoms with Crippen LogP contribution in [0.4, 0.5) is 0 Å². The van der Waals surface area contributed by atoms with Crippen LogP contribution in [0.2, 0.25) is 0 Å². The summed E-state index contributed by atoms with van der Waals surface area (Å²) in [6.45, 7) is 4.38. The van der Waals surface area contributed by atoms with Crippen LogP contribution in [0.5, 0.6) is 0 Å². The van der Waals surface area contributed by atoms with Gasteiger partial charge in [-0.1, -0.05) is 26.7 Å². The Bertz CT molecular complexity index is 461. The number of carbonyl (C=O) groups excluding carboxylic acids is 3. The molecule has 0 radical (unpaired) electrons. The Hall–Kier alpha value is -0.378. The van der Waals surface area contributed by atoms with Crippen molar-refractivity contribution in [1.29, 1.82) is 0 Å². The number of carbonyl (C=O) groups is 2. The first-order valence-corrected chi connectivity index (χ1v) is 7.65. The maximum Gasteiger partial charge on any atom is 2.00 e. The molecular weight excluding hydrogens is 526 g/mol. The number of fused-ring (bicyclic) bond motifs is 1. The number of rotatable bonds is 4. The molecule has 3 rings (SSSR count). The zero-order chi connectivity index (χ0) is 16.5. The van der Waals surface area contributed by atoms with Gasteiger partial charge in [0.25, 0.3) is 0 Å². The normalized spacial score (nSPS) is 33.5. The summed E-state index contributed by atoms with van der Waals surface area (Å²) >= 11 is 0. The van der Waals surface area contributed by atoms with Gasteiger partial charge in [-0.2, -0.15) is 5.92 Å². The molecule has 1 aliphatic heterocycles. The van der Waals surface area contributed by atoms with Gasteiger partial charge in [-0.3, -0.25) is 11.2 Å². The molecule has 6 unspecified atom stereocenters. The smallest absolute Gasteiger partial charge is 0.538 e. The molecule has 0 aromatic heterocycles. The maximum atomic E-state index is 11.1. The van der Waals surface area contributed by atoms with E-state index in [-0.39, 0.29) is 55.5 Å². The molecule has 1 N–H and O–H groups in total. The molecule has 3 aliphatic rings. The second kappa shape index (κ2) is 8.13. The SMILES string of the molecule is CCC(C)(O)C(=O)OC(C)[C-]=O.O=C1OC2[CH-]C3CC1C2C3.[U+2]. The van der Waals surface area contributed by atoms with E-state index in [4.69, 9.17) is 4.74 Å². The van der Waals surface area contributed by atoms with Crippen LogP contribution >= 0.6 is 0 Å². The summed E-state index contributed by atoms with van der Waals surface area (Å²) in [4.78, 5) is 32.0. The van der Waals surface area contributed by atoms with Crippen molar-refractivity contribution in [2.24, 2.45) is 17.8 Å². The molecule has 2 aliphatic carbocycles. The fourth-order valence-electron chi connectivity index (χ4n) is 3.12. The van der Waals surface area contributed by atoms with Crippen LogP contribution in [0, 0.1) is 55.3 Å². The van der Waals surface area contributed by atoms with Crippen molar-refractivity contribution in [3.05, 3.63) is 6.42 Å². The van der Waals surface area contributed by atoms with Crippen molar-refractivity contribution in [3.8, 4) is 0 Å². The minimum Gasteiger partial charge on any atom is -0.538 e. The molecule has 0 spiro atoms. The molecule has 2 saturated carbocycles. The summed E-state index contributed by atoms with van der Waals surface area (Å²) in [5.41, 5.74) is -1.51. The van der Waals surface area contributed by atoms with Gasteiger partial charge in [-0.15, -0.1) is 0 Å². The van der Waals surface area contributed by atoms with E-state index in [1.54, 1.807) is 6.92 Å². The third kappa shape index (κ3) is 4.58. The van der Waals surface area contributed by atoms with Crippen molar-refractivity contribution < 1.29 is 60.1 Å². The van der Waals surface area contributed by atoms with Crippen LogP contribution < -0.4 is 0 Å². The molecular formula is C16H22O6U. The number of ether oxygens (including phenoxy) is 2. The van der Waals surface area contributed by atoms with Gasteiger partial charge in [0.2, 0.25) is 0 Å². The first-order valence-electron chi connectivity index (χ1n) is 7.65. The van der Waals surface area contributed by atoms with Gasteiger partial charge in [0.05, 0.1) is 5.92 Å². The van der Waals surface area contributed by atoms with Gasteiger partial charge in [0.1, 0.15) is 0 Å². The number of esters is 2. The standard InChI is InChI=1S/C8H13O4.C8H9O2.U/c1-4-8(3,11)7(10)12-6(2)5-9;9-8-6-2-4-1-5(6)7(3-4)10-8;/h6,11H,4H2,1-3H3;3-7H,1-2H2;/q2*-1;+2. The molecule has 0 amide bonds. The van der Waals surface area contributed by atoms with E-state index in [1.807, 2.05) is 0 Å². The van der Waals surface area contributed by atoms with Crippen molar-refractivity contribution in [2.45, 2.75) is 57.8 Å². The second-order valence-electron chi connectivity index (χ2n) is 6.39. The number of hydrogen-bond acceptors (Lipinski definition) is 6. The first-order chi connectivity index (χ1) is 10.3. The molecule has 0 aromatic carbocycles. The maximum absolute atomic E-state index is 11.1. The van der Waals surface area contributed by atoms with E-state index >= 15 is 0 Å². The molecule has 126 valence electrons. The first kappa shape index (κ1) is 20.7. The number of aliphatic hydroxyl groups is 1. The zero-order valence-corrected chi connectivity index (χ0v) is 17.7. The van der Waals surface area contributed by atoms with E-state index < -0.39 is 17.7 Å². The molecule has 23 heavy (non-hydrogen) atoms. The zero-order valence-electron chi connectivity index (χ0n) is 13.6. The minimum atomic E-state index is -1.51. The summed E-state index contributed by atoms with van der Waals surface area (Å²) in [5.74, 6) is 0.816. The van der Waals surface area contributed by atoms with Crippen LogP contribution in [-0.2, 0) is 23.9 Å². The second-order valence-corrected chi connectivity index (χ2v) is 6.39. The number of hydrogen-bond donors (Lipinski definition) is 1. The van der Waals surface area contributed by atoms with E-state index in [9.17, 15) is 19.5 Å². The van der Waals surface area contributed by atoms with Crippen molar-refractivity contribution >= 4 is 18.2 Å². The Labute approximate surface area is 160 Å². The van der Waals surface area contributed by atoms with Crippen LogP contribution in [0.25, 0.3) is 0 Å². The Morgan fingerprint density at radius 1 is 1.57 bits per heavy atom. The Morgan fingerprint density at radius 2 is 2.22 bits per heavy atom.